The molecule has 5 heteroatoms. The maximum absolute atomic E-state index is 9.40. The number of rotatable bonds is 1. The molecule has 1 aromatic heterocycles. The third-order valence-electron chi connectivity index (χ3n) is 1.51. The molecule has 4 nitrogen and oxygen atoms in total. The molecule has 0 fully saturated rings. The molecule has 0 saturated heterocycles. The first-order valence-electron chi connectivity index (χ1n) is 3.46. The summed E-state index contributed by atoms with van der Waals surface area (Å²) in [6.07, 6.45) is 0. The van der Waals surface area contributed by atoms with Crippen LogP contribution in [0.3, 0.4) is 0 Å². The number of hydrogen-bond acceptors (Lipinski definition) is 4. The molecule has 12 heavy (non-hydrogen) atoms. The summed E-state index contributed by atoms with van der Waals surface area (Å²) in [6.45, 7) is 3.33. The first-order valence-corrected chi connectivity index (χ1v) is 3.90. The van der Waals surface area contributed by atoms with Crippen molar-refractivity contribution < 1.29 is 10.2 Å². The highest BCUT2D eigenvalue weighted by Crippen LogP contribution is 2.33. The Morgan fingerprint density at radius 2 is 2.00 bits per heavy atom. The van der Waals surface area contributed by atoms with Crippen molar-refractivity contribution in [3.8, 4) is 11.8 Å². The number of aromatic nitrogens is 1. The second-order valence-electron chi connectivity index (χ2n) is 3.20. The van der Waals surface area contributed by atoms with Gasteiger partial charge >= 0.3 is 0 Å². The van der Waals surface area contributed by atoms with Crippen LogP contribution in [-0.4, -0.2) is 14.8 Å². The first-order chi connectivity index (χ1) is 5.34. The summed E-state index contributed by atoms with van der Waals surface area (Å²) in [4.78, 5) is 0.311. The number of hydrogen-bond donors (Lipinski definition) is 4. The Morgan fingerprint density at radius 1 is 1.50 bits per heavy atom. The van der Waals surface area contributed by atoms with Gasteiger partial charge in [0.2, 0.25) is 5.88 Å². The van der Waals surface area contributed by atoms with Gasteiger partial charge in [-0.3, -0.25) is 4.57 Å². The lowest BCUT2D eigenvalue weighted by Crippen LogP contribution is -2.35. The van der Waals surface area contributed by atoms with E-state index in [2.05, 4.69) is 12.6 Å². The van der Waals surface area contributed by atoms with Gasteiger partial charge in [-0.15, -0.1) is 12.6 Å². The van der Waals surface area contributed by atoms with Gasteiger partial charge in [0.25, 0.3) is 0 Å². The SMILES string of the molecule is CC(C)(N)n1c(O)cc(S)c1O. The van der Waals surface area contributed by atoms with Gasteiger partial charge in [-0.25, -0.2) is 0 Å². The fraction of sp³-hybridized carbons (Fsp3) is 0.429. The summed E-state index contributed by atoms with van der Waals surface area (Å²) in [5.41, 5.74) is 4.84. The van der Waals surface area contributed by atoms with Crippen LogP contribution in [-0.2, 0) is 5.66 Å². The van der Waals surface area contributed by atoms with Crippen LogP contribution in [0.25, 0.3) is 0 Å². The average molecular weight is 188 g/mol. The molecular formula is C7H12N2O2S. The van der Waals surface area contributed by atoms with Gasteiger partial charge in [-0.2, -0.15) is 0 Å². The Bertz CT molecular complexity index is 301. The van der Waals surface area contributed by atoms with Crippen LogP contribution in [0.4, 0.5) is 0 Å². The third kappa shape index (κ3) is 1.37. The van der Waals surface area contributed by atoms with Crippen LogP contribution in [0.15, 0.2) is 11.0 Å². The number of thiol groups is 1. The molecule has 0 unspecified atom stereocenters. The zero-order chi connectivity index (χ0) is 9.52. The number of nitrogens with two attached hydrogens (primary N) is 1. The van der Waals surface area contributed by atoms with E-state index in [4.69, 9.17) is 5.73 Å². The minimum atomic E-state index is -0.838. The van der Waals surface area contributed by atoms with Crippen LogP contribution >= 0.6 is 12.6 Å². The van der Waals surface area contributed by atoms with Gasteiger partial charge in [0, 0.05) is 6.07 Å². The maximum Gasteiger partial charge on any atom is 0.209 e. The van der Waals surface area contributed by atoms with Gasteiger partial charge in [0.1, 0.15) is 0 Å². The van der Waals surface area contributed by atoms with Crippen molar-refractivity contribution in [1.82, 2.24) is 4.57 Å². The highest BCUT2D eigenvalue weighted by atomic mass is 32.1. The molecule has 68 valence electrons. The maximum atomic E-state index is 9.40. The molecule has 0 amide bonds. The van der Waals surface area contributed by atoms with Gasteiger partial charge in [0.05, 0.1) is 10.6 Å². The van der Waals surface area contributed by atoms with Crippen molar-refractivity contribution in [2.75, 3.05) is 0 Å². The summed E-state index contributed by atoms with van der Waals surface area (Å²) in [5, 5.41) is 18.7. The van der Waals surface area contributed by atoms with Crippen LogP contribution in [0.1, 0.15) is 13.8 Å². The van der Waals surface area contributed by atoms with Crippen LogP contribution in [0.2, 0.25) is 0 Å². The fourth-order valence-corrected chi connectivity index (χ4v) is 1.26. The fourth-order valence-electron chi connectivity index (χ4n) is 1.04. The molecule has 0 aliphatic carbocycles. The molecule has 1 aromatic rings. The minimum Gasteiger partial charge on any atom is -0.494 e. The van der Waals surface area contributed by atoms with Gasteiger partial charge in [0.15, 0.2) is 5.88 Å². The molecule has 4 N–H and O–H groups in total. The van der Waals surface area contributed by atoms with E-state index in [1.165, 1.54) is 10.6 Å². The van der Waals surface area contributed by atoms with E-state index in [-0.39, 0.29) is 11.8 Å². The predicted molar refractivity (Wildman–Crippen MR) is 48.5 cm³/mol. The van der Waals surface area contributed by atoms with E-state index in [9.17, 15) is 10.2 Å². The summed E-state index contributed by atoms with van der Waals surface area (Å²) in [6, 6.07) is 1.34. The Hall–Kier alpha value is -0.810. The van der Waals surface area contributed by atoms with Crippen molar-refractivity contribution >= 4 is 12.6 Å². The monoisotopic (exact) mass is 188 g/mol. The largest absolute Gasteiger partial charge is 0.494 e. The normalized spacial score (nSPS) is 12.0. The highest BCUT2D eigenvalue weighted by Gasteiger charge is 2.22. The third-order valence-corrected chi connectivity index (χ3v) is 1.84. The van der Waals surface area contributed by atoms with Crippen molar-refractivity contribution in [3.05, 3.63) is 6.07 Å². The quantitative estimate of drug-likeness (QED) is 0.493. The lowest BCUT2D eigenvalue weighted by atomic mass is 10.2. The van der Waals surface area contributed by atoms with E-state index in [1.807, 2.05) is 0 Å². The van der Waals surface area contributed by atoms with Crippen molar-refractivity contribution in [1.29, 1.82) is 0 Å². The Labute approximate surface area is 76.0 Å². The molecule has 0 saturated carbocycles. The predicted octanol–water partition coefficient (Wildman–Crippen LogP) is 0.839. The lowest BCUT2D eigenvalue weighted by Gasteiger charge is -2.22. The molecule has 0 atom stereocenters. The van der Waals surface area contributed by atoms with Crippen molar-refractivity contribution in [2.45, 2.75) is 24.4 Å². The smallest absolute Gasteiger partial charge is 0.209 e. The Morgan fingerprint density at radius 3 is 2.17 bits per heavy atom. The molecule has 0 bridgehead atoms. The van der Waals surface area contributed by atoms with E-state index in [0.29, 0.717) is 4.90 Å². The summed E-state index contributed by atoms with van der Waals surface area (Å²) in [5.74, 6) is -0.215. The average Bonchev–Trinajstić information content (AvgIpc) is 2.05. The topological polar surface area (TPSA) is 71.4 Å². The van der Waals surface area contributed by atoms with E-state index >= 15 is 0 Å². The molecule has 0 spiro atoms. The molecule has 0 aliphatic heterocycles. The van der Waals surface area contributed by atoms with Gasteiger partial charge < -0.3 is 15.9 Å². The molecule has 1 heterocycles. The van der Waals surface area contributed by atoms with Crippen LogP contribution in [0, 0.1) is 0 Å². The highest BCUT2D eigenvalue weighted by molar-refractivity contribution is 7.80. The molecule has 0 aromatic carbocycles. The van der Waals surface area contributed by atoms with Gasteiger partial charge in [-0.1, -0.05) is 0 Å². The second kappa shape index (κ2) is 2.60. The molecule has 0 radical (unpaired) electrons. The number of nitrogens with zero attached hydrogens (tertiary/aromatic N) is 1. The van der Waals surface area contributed by atoms with Gasteiger partial charge in [-0.05, 0) is 13.8 Å². The lowest BCUT2D eigenvalue weighted by molar-refractivity contribution is 0.270. The van der Waals surface area contributed by atoms with Crippen molar-refractivity contribution in [3.63, 3.8) is 0 Å². The summed E-state index contributed by atoms with van der Waals surface area (Å²) in [7, 11) is 0. The van der Waals surface area contributed by atoms with E-state index < -0.39 is 5.66 Å². The molecule has 0 aliphatic rings. The zero-order valence-electron chi connectivity index (χ0n) is 6.94. The van der Waals surface area contributed by atoms with Crippen molar-refractivity contribution in [2.24, 2.45) is 5.73 Å². The number of aromatic hydroxyl groups is 2. The molecular weight excluding hydrogens is 176 g/mol. The van der Waals surface area contributed by atoms with Crippen LogP contribution < -0.4 is 5.73 Å². The van der Waals surface area contributed by atoms with E-state index in [1.54, 1.807) is 13.8 Å². The minimum absolute atomic E-state index is 0.0926. The molecule has 1 rings (SSSR count). The second-order valence-corrected chi connectivity index (χ2v) is 3.68. The van der Waals surface area contributed by atoms with E-state index in [0.717, 1.165) is 0 Å². The summed E-state index contributed by atoms with van der Waals surface area (Å²) < 4.78 is 1.20. The first kappa shape index (κ1) is 9.28. The zero-order valence-corrected chi connectivity index (χ0v) is 7.84. The Kier molecular flexibility index (Phi) is 2.01. The Balaban J connectivity index is 3.32. The van der Waals surface area contributed by atoms with Crippen LogP contribution in [0.5, 0.6) is 11.8 Å². The summed E-state index contributed by atoms with van der Waals surface area (Å²) >= 11 is 3.93. The standard InChI is InChI=1S/C7H12N2O2S/c1-7(2,8)9-5(10)3-4(12)6(9)11/h3,10-12H,8H2,1-2H3.